The molecule has 2 N–H and O–H groups in total. The number of hydrogen-bond acceptors (Lipinski definition) is 2. The molecule has 0 saturated heterocycles. The molecule has 114 valence electrons. The van der Waals surface area contributed by atoms with Crippen LogP contribution in [0.3, 0.4) is 0 Å². The minimum atomic E-state index is -0.0582. The van der Waals surface area contributed by atoms with Crippen LogP contribution in [-0.2, 0) is 17.1 Å². The molecule has 0 fully saturated rings. The topological polar surface area (TPSA) is 40.5 Å². The fraction of sp³-hybridized carbons (Fsp3) is 0. The van der Waals surface area contributed by atoms with Gasteiger partial charge in [-0.2, -0.15) is 42.3 Å². The second-order valence-electron chi connectivity index (χ2n) is 4.42. The first kappa shape index (κ1) is 18.2. The Hall–Kier alpha value is -2.84. The SMILES string of the molecule is C#Cc1cc(O)c(C#Cc2ccc[cH-]2)cc1O.[Fe+2].c1cc[cH-]c1. The molecule has 0 aliphatic rings. The molecule has 0 heterocycles. The van der Waals surface area contributed by atoms with Crippen molar-refractivity contribution < 1.29 is 27.3 Å². The molecule has 0 spiro atoms. The molecule has 0 unspecified atom stereocenters. The molecule has 0 saturated carbocycles. The molecular formula is C20H14FeO2. The summed E-state index contributed by atoms with van der Waals surface area (Å²) in [7, 11) is 0. The van der Waals surface area contributed by atoms with Crippen LogP contribution in [0.2, 0.25) is 0 Å². The van der Waals surface area contributed by atoms with E-state index >= 15 is 0 Å². The molecule has 3 aromatic carbocycles. The molecule has 2 nitrogen and oxygen atoms in total. The first-order chi connectivity index (χ1) is 10.7. The quantitative estimate of drug-likeness (QED) is 0.284. The van der Waals surface area contributed by atoms with Crippen molar-refractivity contribution in [3.8, 4) is 35.7 Å². The molecule has 3 aromatic rings. The molecule has 3 heteroatoms. The van der Waals surface area contributed by atoms with Crippen LogP contribution in [-0.4, -0.2) is 10.2 Å². The zero-order valence-electron chi connectivity index (χ0n) is 12.2. The van der Waals surface area contributed by atoms with Crippen LogP contribution in [0.5, 0.6) is 11.5 Å². The van der Waals surface area contributed by atoms with Crippen LogP contribution < -0.4 is 0 Å². The first-order valence-corrected chi connectivity index (χ1v) is 6.63. The van der Waals surface area contributed by atoms with E-state index in [9.17, 15) is 10.2 Å². The van der Waals surface area contributed by atoms with Crippen molar-refractivity contribution >= 4 is 0 Å². The van der Waals surface area contributed by atoms with Crippen LogP contribution in [0.25, 0.3) is 0 Å². The summed E-state index contributed by atoms with van der Waals surface area (Å²) in [6, 6.07) is 20.2. The summed E-state index contributed by atoms with van der Waals surface area (Å²) in [6.07, 6.45) is 5.16. The predicted octanol–water partition coefficient (Wildman–Crippen LogP) is 3.60. The zero-order chi connectivity index (χ0) is 15.8. The Balaban J connectivity index is 0.000000377. The standard InChI is InChI=1S/C15H9O2.C5H5.Fe/c1-2-12-9-15(17)13(10-14(12)16)8-7-11-5-3-4-6-11;1-2-4-5-3-1;/h1,3-6,9-10,16-17H;1-5H;/q2*-1;+2. The third kappa shape index (κ3) is 5.45. The molecular weight excluding hydrogens is 328 g/mol. The van der Waals surface area contributed by atoms with E-state index in [4.69, 9.17) is 6.42 Å². The zero-order valence-corrected chi connectivity index (χ0v) is 13.3. The summed E-state index contributed by atoms with van der Waals surface area (Å²) in [4.78, 5) is 0. The van der Waals surface area contributed by atoms with Crippen LogP contribution >= 0.6 is 0 Å². The van der Waals surface area contributed by atoms with Gasteiger partial charge >= 0.3 is 17.1 Å². The van der Waals surface area contributed by atoms with Crippen LogP contribution in [0, 0.1) is 24.2 Å². The third-order valence-electron chi connectivity index (χ3n) is 2.83. The van der Waals surface area contributed by atoms with Crippen LogP contribution in [0.1, 0.15) is 16.7 Å². The number of phenolic OH excluding ortho intramolecular Hbond substituents is 2. The third-order valence-corrected chi connectivity index (χ3v) is 2.83. The van der Waals surface area contributed by atoms with Gasteiger partial charge in [0.1, 0.15) is 11.5 Å². The van der Waals surface area contributed by atoms with E-state index < -0.39 is 0 Å². The predicted molar refractivity (Wildman–Crippen MR) is 87.8 cm³/mol. The fourth-order valence-corrected chi connectivity index (χ4v) is 1.71. The Bertz CT molecular complexity index is 794. The summed E-state index contributed by atoms with van der Waals surface area (Å²) >= 11 is 0. The Morgan fingerprint density at radius 1 is 0.870 bits per heavy atom. The average molecular weight is 342 g/mol. The Labute approximate surface area is 146 Å². The van der Waals surface area contributed by atoms with Crippen molar-refractivity contribution in [2.75, 3.05) is 0 Å². The molecule has 0 amide bonds. The molecule has 0 aliphatic heterocycles. The second kappa shape index (κ2) is 9.23. The molecule has 0 aromatic heterocycles. The number of aromatic hydroxyl groups is 2. The van der Waals surface area contributed by atoms with Crippen molar-refractivity contribution in [3.05, 3.63) is 83.4 Å². The van der Waals surface area contributed by atoms with Gasteiger partial charge in [-0.05, 0) is 6.07 Å². The number of phenols is 2. The van der Waals surface area contributed by atoms with Crippen LogP contribution in [0.4, 0.5) is 0 Å². The van der Waals surface area contributed by atoms with E-state index in [-0.39, 0.29) is 34.1 Å². The van der Waals surface area contributed by atoms with Crippen molar-refractivity contribution in [3.63, 3.8) is 0 Å². The maximum absolute atomic E-state index is 9.67. The van der Waals surface area contributed by atoms with Gasteiger partial charge < -0.3 is 10.2 Å². The van der Waals surface area contributed by atoms with Gasteiger partial charge in [-0.3, -0.25) is 0 Å². The van der Waals surface area contributed by atoms with Crippen molar-refractivity contribution in [2.45, 2.75) is 0 Å². The van der Waals surface area contributed by atoms with Gasteiger partial charge in [0.15, 0.2) is 0 Å². The Kier molecular flexibility index (Phi) is 7.31. The normalized spacial score (nSPS) is 8.48. The number of hydrogen-bond donors (Lipinski definition) is 2. The van der Waals surface area contributed by atoms with Gasteiger partial charge in [-0.1, -0.05) is 5.92 Å². The molecule has 0 atom stereocenters. The smallest absolute Gasteiger partial charge is 0.507 e. The van der Waals surface area contributed by atoms with E-state index in [1.807, 2.05) is 54.6 Å². The molecule has 0 radical (unpaired) electrons. The van der Waals surface area contributed by atoms with Crippen molar-refractivity contribution in [1.82, 2.24) is 0 Å². The van der Waals surface area contributed by atoms with Gasteiger partial charge in [-0.25, -0.2) is 12.1 Å². The van der Waals surface area contributed by atoms with E-state index in [2.05, 4.69) is 17.8 Å². The number of terminal acetylenes is 1. The molecule has 0 aliphatic carbocycles. The Morgan fingerprint density at radius 3 is 2.04 bits per heavy atom. The van der Waals surface area contributed by atoms with Gasteiger partial charge in [0, 0.05) is 6.07 Å². The van der Waals surface area contributed by atoms with E-state index in [1.54, 1.807) is 0 Å². The van der Waals surface area contributed by atoms with E-state index in [1.165, 1.54) is 12.1 Å². The molecule has 3 rings (SSSR count). The average Bonchev–Trinajstić information content (AvgIpc) is 3.23. The van der Waals surface area contributed by atoms with Crippen LogP contribution in [0.15, 0.2) is 66.7 Å². The number of benzene rings is 1. The summed E-state index contributed by atoms with van der Waals surface area (Å²) in [6.45, 7) is 0. The van der Waals surface area contributed by atoms with Gasteiger partial charge in [-0.15, -0.1) is 24.0 Å². The summed E-state index contributed by atoms with van der Waals surface area (Å²) in [5.74, 6) is 7.84. The second-order valence-corrected chi connectivity index (χ2v) is 4.42. The van der Waals surface area contributed by atoms with Crippen molar-refractivity contribution in [1.29, 1.82) is 0 Å². The molecule has 23 heavy (non-hydrogen) atoms. The van der Waals surface area contributed by atoms with Gasteiger partial charge in [0.2, 0.25) is 0 Å². The number of rotatable bonds is 0. The first-order valence-electron chi connectivity index (χ1n) is 6.63. The minimum absolute atomic E-state index is 0. The summed E-state index contributed by atoms with van der Waals surface area (Å²) in [5.41, 5.74) is 1.45. The maximum Gasteiger partial charge on any atom is 2.00 e. The fourth-order valence-electron chi connectivity index (χ4n) is 1.71. The maximum atomic E-state index is 9.67. The largest absolute Gasteiger partial charge is 2.00 e. The van der Waals surface area contributed by atoms with Gasteiger partial charge in [0.25, 0.3) is 0 Å². The van der Waals surface area contributed by atoms with E-state index in [0.717, 1.165) is 5.56 Å². The van der Waals surface area contributed by atoms with E-state index in [0.29, 0.717) is 5.56 Å². The molecule has 0 bridgehead atoms. The Morgan fingerprint density at radius 2 is 1.52 bits per heavy atom. The van der Waals surface area contributed by atoms with Crippen molar-refractivity contribution in [2.24, 2.45) is 0 Å². The van der Waals surface area contributed by atoms with Gasteiger partial charge in [0.05, 0.1) is 11.1 Å². The summed E-state index contributed by atoms with van der Waals surface area (Å²) < 4.78 is 0. The summed E-state index contributed by atoms with van der Waals surface area (Å²) in [5, 5.41) is 19.2. The minimum Gasteiger partial charge on any atom is -0.507 e. The monoisotopic (exact) mass is 342 g/mol.